The largest absolute Gasteiger partial charge is 0.493 e. The predicted octanol–water partition coefficient (Wildman–Crippen LogP) is 3.11. The average molecular weight is 391 g/mol. The minimum absolute atomic E-state index is 0.184. The fourth-order valence-corrected chi connectivity index (χ4v) is 3.24. The van der Waals surface area contributed by atoms with E-state index in [0.717, 1.165) is 25.7 Å². The number of carbonyl (C=O) groups is 2. The van der Waals surface area contributed by atoms with Crippen molar-refractivity contribution in [1.29, 1.82) is 0 Å². The molecular formula is C21H29NO6. The lowest BCUT2D eigenvalue weighted by atomic mass is 10.1. The highest BCUT2D eigenvalue weighted by Crippen LogP contribution is 2.38. The van der Waals surface area contributed by atoms with Gasteiger partial charge in [0.1, 0.15) is 0 Å². The van der Waals surface area contributed by atoms with Gasteiger partial charge in [-0.2, -0.15) is 0 Å². The van der Waals surface area contributed by atoms with E-state index < -0.39 is 5.97 Å². The van der Waals surface area contributed by atoms with E-state index in [9.17, 15) is 9.59 Å². The summed E-state index contributed by atoms with van der Waals surface area (Å²) in [6, 6.07) is 3.61. The molecule has 7 nitrogen and oxygen atoms in total. The molecule has 7 heteroatoms. The Labute approximate surface area is 166 Å². The van der Waals surface area contributed by atoms with Crippen molar-refractivity contribution in [3.8, 4) is 17.2 Å². The van der Waals surface area contributed by atoms with Crippen LogP contribution in [0.5, 0.6) is 17.2 Å². The minimum Gasteiger partial charge on any atom is -0.493 e. The second kappa shape index (κ2) is 11.2. The Balaban J connectivity index is 1.88. The monoisotopic (exact) mass is 391 g/mol. The third kappa shape index (κ3) is 6.48. The maximum Gasteiger partial charge on any atom is 0.331 e. The summed E-state index contributed by atoms with van der Waals surface area (Å²) in [5, 5.41) is 2.94. The minimum atomic E-state index is -0.593. The van der Waals surface area contributed by atoms with E-state index in [-0.39, 0.29) is 18.6 Å². The summed E-state index contributed by atoms with van der Waals surface area (Å²) in [6.45, 7) is -0.283. The standard InChI is InChI=1S/C21H29NO6/c1-25-17-12-15(13-18(26-2)21(17)27-3)10-11-20(24)28-14-19(23)22-16-8-6-4-5-7-9-16/h10-13,16H,4-9,14H2,1-3H3,(H,22,23)/b11-10+. The van der Waals surface area contributed by atoms with Crippen LogP contribution in [0.1, 0.15) is 44.1 Å². The van der Waals surface area contributed by atoms with Crippen molar-refractivity contribution >= 4 is 18.0 Å². The van der Waals surface area contributed by atoms with E-state index in [1.165, 1.54) is 40.2 Å². The van der Waals surface area contributed by atoms with Gasteiger partial charge in [-0.25, -0.2) is 4.79 Å². The lowest BCUT2D eigenvalue weighted by Crippen LogP contribution is -2.37. The molecule has 1 amide bonds. The Morgan fingerprint density at radius 3 is 2.14 bits per heavy atom. The summed E-state index contributed by atoms with van der Waals surface area (Å²) in [7, 11) is 4.56. The quantitative estimate of drug-likeness (QED) is 0.417. The van der Waals surface area contributed by atoms with Crippen LogP contribution in [0.3, 0.4) is 0 Å². The first-order valence-corrected chi connectivity index (χ1v) is 9.51. The van der Waals surface area contributed by atoms with Crippen molar-refractivity contribution in [2.45, 2.75) is 44.6 Å². The lowest BCUT2D eigenvalue weighted by Gasteiger charge is -2.15. The smallest absolute Gasteiger partial charge is 0.331 e. The number of esters is 1. The maximum atomic E-state index is 12.0. The van der Waals surface area contributed by atoms with Crippen LogP contribution in [0.4, 0.5) is 0 Å². The van der Waals surface area contributed by atoms with E-state index in [1.807, 2.05) is 0 Å². The van der Waals surface area contributed by atoms with Gasteiger partial charge in [0.2, 0.25) is 5.75 Å². The molecule has 1 saturated carbocycles. The Morgan fingerprint density at radius 1 is 1.00 bits per heavy atom. The fraction of sp³-hybridized carbons (Fsp3) is 0.524. The normalized spacial score (nSPS) is 15.0. The van der Waals surface area contributed by atoms with Gasteiger partial charge in [0, 0.05) is 12.1 Å². The van der Waals surface area contributed by atoms with Gasteiger partial charge in [-0.05, 0) is 36.6 Å². The van der Waals surface area contributed by atoms with Gasteiger partial charge in [-0.15, -0.1) is 0 Å². The molecule has 0 heterocycles. The Kier molecular flexibility index (Phi) is 8.65. The molecule has 1 aliphatic rings. The first-order chi connectivity index (χ1) is 13.6. The first kappa shape index (κ1) is 21.6. The molecule has 0 spiro atoms. The van der Waals surface area contributed by atoms with Gasteiger partial charge in [0.25, 0.3) is 5.91 Å². The van der Waals surface area contributed by atoms with Gasteiger partial charge < -0.3 is 24.3 Å². The van der Waals surface area contributed by atoms with Crippen LogP contribution in [0.2, 0.25) is 0 Å². The van der Waals surface area contributed by atoms with Crippen LogP contribution >= 0.6 is 0 Å². The van der Waals surface area contributed by atoms with Crippen molar-refractivity contribution in [3.05, 3.63) is 23.8 Å². The topological polar surface area (TPSA) is 83.1 Å². The van der Waals surface area contributed by atoms with Crippen molar-refractivity contribution in [1.82, 2.24) is 5.32 Å². The Bertz CT molecular complexity index is 667. The molecule has 0 unspecified atom stereocenters. The number of rotatable bonds is 8. The summed E-state index contributed by atoms with van der Waals surface area (Å²) < 4.78 is 20.9. The number of hydrogen-bond donors (Lipinski definition) is 1. The zero-order valence-corrected chi connectivity index (χ0v) is 16.8. The Hall–Kier alpha value is -2.70. The lowest BCUT2D eigenvalue weighted by molar-refractivity contribution is -0.144. The molecule has 0 atom stereocenters. The molecule has 0 bridgehead atoms. The number of benzene rings is 1. The van der Waals surface area contributed by atoms with Gasteiger partial charge >= 0.3 is 5.97 Å². The van der Waals surface area contributed by atoms with Gasteiger partial charge in [-0.1, -0.05) is 25.7 Å². The highest BCUT2D eigenvalue weighted by molar-refractivity contribution is 5.89. The van der Waals surface area contributed by atoms with Gasteiger partial charge in [-0.3, -0.25) is 4.79 Å². The highest BCUT2D eigenvalue weighted by Gasteiger charge is 2.15. The molecule has 0 radical (unpaired) electrons. The molecule has 0 aliphatic heterocycles. The molecule has 1 aromatic rings. The zero-order chi connectivity index (χ0) is 20.4. The number of carbonyl (C=O) groups excluding carboxylic acids is 2. The van der Waals surface area contributed by atoms with Crippen LogP contribution in [0, 0.1) is 0 Å². The molecule has 2 rings (SSSR count). The summed E-state index contributed by atoms with van der Waals surface area (Å²) in [5.41, 5.74) is 0.675. The van der Waals surface area contributed by atoms with Crippen LogP contribution < -0.4 is 19.5 Å². The second-order valence-electron chi connectivity index (χ2n) is 6.66. The van der Waals surface area contributed by atoms with Crippen molar-refractivity contribution in [3.63, 3.8) is 0 Å². The van der Waals surface area contributed by atoms with E-state index in [4.69, 9.17) is 18.9 Å². The molecule has 1 aliphatic carbocycles. The summed E-state index contributed by atoms with van der Waals surface area (Å²) >= 11 is 0. The van der Waals surface area contributed by atoms with Crippen LogP contribution in [0.25, 0.3) is 6.08 Å². The fourth-order valence-electron chi connectivity index (χ4n) is 3.24. The number of methoxy groups -OCH3 is 3. The van der Waals surface area contributed by atoms with Crippen molar-refractivity contribution < 1.29 is 28.5 Å². The Morgan fingerprint density at radius 2 is 1.61 bits per heavy atom. The van der Waals surface area contributed by atoms with Crippen LogP contribution in [-0.4, -0.2) is 45.9 Å². The molecule has 1 aromatic carbocycles. The molecule has 0 aromatic heterocycles. The average Bonchev–Trinajstić information content (AvgIpc) is 2.98. The molecular weight excluding hydrogens is 362 g/mol. The SMILES string of the molecule is COc1cc(/C=C/C(=O)OCC(=O)NC2CCCCCC2)cc(OC)c1OC. The van der Waals surface area contributed by atoms with Gasteiger partial charge in [0.15, 0.2) is 18.1 Å². The van der Waals surface area contributed by atoms with Crippen molar-refractivity contribution in [2.24, 2.45) is 0 Å². The second-order valence-corrected chi connectivity index (χ2v) is 6.66. The van der Waals surface area contributed by atoms with E-state index in [0.29, 0.717) is 22.8 Å². The van der Waals surface area contributed by atoms with E-state index in [2.05, 4.69) is 5.32 Å². The predicted molar refractivity (Wildman–Crippen MR) is 106 cm³/mol. The summed E-state index contributed by atoms with van der Waals surface area (Å²) in [5.74, 6) is 0.585. The first-order valence-electron chi connectivity index (χ1n) is 9.51. The van der Waals surface area contributed by atoms with Crippen LogP contribution in [0.15, 0.2) is 18.2 Å². The number of ether oxygens (including phenoxy) is 4. The number of nitrogens with one attached hydrogen (secondary N) is 1. The zero-order valence-electron chi connectivity index (χ0n) is 16.8. The number of hydrogen-bond acceptors (Lipinski definition) is 6. The third-order valence-corrected chi connectivity index (χ3v) is 4.66. The molecule has 28 heavy (non-hydrogen) atoms. The maximum absolute atomic E-state index is 12.0. The van der Waals surface area contributed by atoms with Gasteiger partial charge in [0.05, 0.1) is 21.3 Å². The molecule has 1 N–H and O–H groups in total. The van der Waals surface area contributed by atoms with E-state index >= 15 is 0 Å². The third-order valence-electron chi connectivity index (χ3n) is 4.66. The van der Waals surface area contributed by atoms with Crippen molar-refractivity contribution in [2.75, 3.05) is 27.9 Å². The highest BCUT2D eigenvalue weighted by atomic mass is 16.5. The summed E-state index contributed by atoms with van der Waals surface area (Å²) in [4.78, 5) is 23.9. The molecule has 1 fully saturated rings. The number of amides is 1. The van der Waals surface area contributed by atoms with E-state index in [1.54, 1.807) is 18.2 Å². The van der Waals surface area contributed by atoms with Crippen LogP contribution in [-0.2, 0) is 14.3 Å². The molecule has 0 saturated heterocycles. The summed E-state index contributed by atoms with van der Waals surface area (Å²) in [6.07, 6.45) is 9.49. The molecule has 154 valence electrons.